The summed E-state index contributed by atoms with van der Waals surface area (Å²) in [7, 11) is 2.15. The molecule has 0 N–H and O–H groups in total. The standard InChI is InChI=1S/C27H21N/c1-28(23-18-17-20-9-5-6-12-22(20)19-23)27-16-8-14-25-24(13-7-15-26(25)27)21-10-3-2-4-11-21/h2-19H,1H3. The first-order valence-corrected chi connectivity index (χ1v) is 9.61. The fourth-order valence-electron chi connectivity index (χ4n) is 3.98. The van der Waals surface area contributed by atoms with Crippen LogP contribution in [-0.2, 0) is 0 Å². The third kappa shape index (κ3) is 2.82. The third-order valence-corrected chi connectivity index (χ3v) is 5.47. The summed E-state index contributed by atoms with van der Waals surface area (Å²) in [6, 6.07) is 38.9. The first-order valence-electron chi connectivity index (χ1n) is 9.61. The van der Waals surface area contributed by atoms with Crippen molar-refractivity contribution in [2.75, 3.05) is 11.9 Å². The van der Waals surface area contributed by atoms with Crippen LogP contribution >= 0.6 is 0 Å². The summed E-state index contributed by atoms with van der Waals surface area (Å²) < 4.78 is 0. The molecule has 5 rings (SSSR count). The zero-order valence-corrected chi connectivity index (χ0v) is 15.8. The maximum atomic E-state index is 2.28. The van der Waals surface area contributed by atoms with Gasteiger partial charge < -0.3 is 4.90 Å². The molecule has 0 saturated heterocycles. The second-order valence-electron chi connectivity index (χ2n) is 7.13. The molecule has 5 aromatic rings. The van der Waals surface area contributed by atoms with E-state index < -0.39 is 0 Å². The quantitative estimate of drug-likeness (QED) is 0.324. The molecule has 28 heavy (non-hydrogen) atoms. The predicted molar refractivity (Wildman–Crippen MR) is 121 cm³/mol. The van der Waals surface area contributed by atoms with Gasteiger partial charge in [-0.25, -0.2) is 0 Å². The van der Waals surface area contributed by atoms with Gasteiger partial charge in [-0.05, 0) is 45.5 Å². The van der Waals surface area contributed by atoms with Gasteiger partial charge in [-0.15, -0.1) is 0 Å². The summed E-state index contributed by atoms with van der Waals surface area (Å²) in [6.07, 6.45) is 0. The van der Waals surface area contributed by atoms with Crippen molar-refractivity contribution < 1.29 is 0 Å². The molecule has 0 aliphatic rings. The number of benzene rings is 5. The van der Waals surface area contributed by atoms with Crippen LogP contribution in [0.4, 0.5) is 11.4 Å². The maximum Gasteiger partial charge on any atom is 0.0487 e. The van der Waals surface area contributed by atoms with Crippen LogP contribution in [0.25, 0.3) is 32.7 Å². The average Bonchev–Trinajstić information content (AvgIpc) is 2.78. The van der Waals surface area contributed by atoms with E-state index in [-0.39, 0.29) is 0 Å². The van der Waals surface area contributed by atoms with Crippen LogP contribution in [-0.4, -0.2) is 7.05 Å². The summed E-state index contributed by atoms with van der Waals surface area (Å²) in [5, 5.41) is 5.07. The molecule has 1 heteroatoms. The molecule has 134 valence electrons. The lowest BCUT2D eigenvalue weighted by atomic mass is 9.97. The Morgan fingerprint density at radius 1 is 0.536 bits per heavy atom. The molecule has 0 bridgehead atoms. The van der Waals surface area contributed by atoms with Gasteiger partial charge in [0.1, 0.15) is 0 Å². The Kier molecular flexibility index (Phi) is 4.06. The molecule has 0 heterocycles. The minimum atomic E-state index is 1.19. The Morgan fingerprint density at radius 3 is 2.11 bits per heavy atom. The fraction of sp³-hybridized carbons (Fsp3) is 0.0370. The minimum absolute atomic E-state index is 1.19. The van der Waals surface area contributed by atoms with E-state index in [9.17, 15) is 0 Å². The van der Waals surface area contributed by atoms with Gasteiger partial charge in [0.05, 0.1) is 0 Å². The van der Waals surface area contributed by atoms with E-state index in [1.54, 1.807) is 0 Å². The number of anilines is 2. The van der Waals surface area contributed by atoms with E-state index in [2.05, 4.69) is 121 Å². The number of fused-ring (bicyclic) bond motifs is 2. The van der Waals surface area contributed by atoms with Crippen molar-refractivity contribution in [3.8, 4) is 11.1 Å². The molecule has 1 nitrogen and oxygen atoms in total. The van der Waals surface area contributed by atoms with E-state index in [1.165, 1.54) is 44.0 Å². The third-order valence-electron chi connectivity index (χ3n) is 5.47. The maximum absolute atomic E-state index is 2.28. The van der Waals surface area contributed by atoms with E-state index >= 15 is 0 Å². The van der Waals surface area contributed by atoms with Crippen LogP contribution in [0.3, 0.4) is 0 Å². The van der Waals surface area contributed by atoms with Gasteiger partial charge in [0.2, 0.25) is 0 Å². The number of hydrogen-bond acceptors (Lipinski definition) is 1. The SMILES string of the molecule is CN(c1ccc2ccccc2c1)c1cccc2c(-c3ccccc3)cccc12. The van der Waals surface area contributed by atoms with Crippen molar-refractivity contribution in [3.63, 3.8) is 0 Å². The van der Waals surface area contributed by atoms with Crippen molar-refractivity contribution in [1.82, 2.24) is 0 Å². The molecule has 0 aliphatic carbocycles. The van der Waals surface area contributed by atoms with Gasteiger partial charge in [-0.1, -0.05) is 91.0 Å². The molecular formula is C27H21N. The first kappa shape index (κ1) is 16.6. The zero-order chi connectivity index (χ0) is 18.9. The second kappa shape index (κ2) is 6.86. The van der Waals surface area contributed by atoms with Crippen molar-refractivity contribution in [3.05, 3.63) is 109 Å². The largest absolute Gasteiger partial charge is 0.344 e. The normalized spacial score (nSPS) is 11.0. The predicted octanol–water partition coefficient (Wildman–Crippen LogP) is 7.43. The number of nitrogens with zero attached hydrogens (tertiary/aromatic N) is 1. The van der Waals surface area contributed by atoms with E-state index in [0.717, 1.165) is 0 Å². The Balaban J connectivity index is 1.66. The van der Waals surface area contributed by atoms with Crippen molar-refractivity contribution in [2.24, 2.45) is 0 Å². The Bertz CT molecular complexity index is 1270. The van der Waals surface area contributed by atoms with Crippen LogP contribution in [0.2, 0.25) is 0 Å². The molecular weight excluding hydrogens is 338 g/mol. The lowest BCUT2D eigenvalue weighted by Crippen LogP contribution is -2.09. The molecule has 0 fully saturated rings. The fourth-order valence-corrected chi connectivity index (χ4v) is 3.98. The zero-order valence-electron chi connectivity index (χ0n) is 15.8. The van der Waals surface area contributed by atoms with Gasteiger partial charge in [0.15, 0.2) is 0 Å². The smallest absolute Gasteiger partial charge is 0.0487 e. The summed E-state index contributed by atoms with van der Waals surface area (Å²) in [6.45, 7) is 0. The lowest BCUT2D eigenvalue weighted by molar-refractivity contribution is 1.23. The van der Waals surface area contributed by atoms with E-state index in [0.29, 0.717) is 0 Å². The van der Waals surface area contributed by atoms with Crippen molar-refractivity contribution in [2.45, 2.75) is 0 Å². The monoisotopic (exact) mass is 359 g/mol. The van der Waals surface area contributed by atoms with Gasteiger partial charge in [-0.3, -0.25) is 0 Å². The highest BCUT2D eigenvalue weighted by atomic mass is 15.1. The highest BCUT2D eigenvalue weighted by Gasteiger charge is 2.11. The van der Waals surface area contributed by atoms with Crippen LogP contribution in [0.1, 0.15) is 0 Å². The van der Waals surface area contributed by atoms with Crippen LogP contribution in [0, 0.1) is 0 Å². The summed E-state index contributed by atoms with van der Waals surface area (Å²) >= 11 is 0. The lowest BCUT2D eigenvalue weighted by Gasteiger charge is -2.22. The number of rotatable bonds is 3. The van der Waals surface area contributed by atoms with E-state index in [4.69, 9.17) is 0 Å². The summed E-state index contributed by atoms with van der Waals surface area (Å²) in [4.78, 5) is 2.28. The topological polar surface area (TPSA) is 3.24 Å². The van der Waals surface area contributed by atoms with Gasteiger partial charge in [0.25, 0.3) is 0 Å². The molecule has 0 amide bonds. The van der Waals surface area contributed by atoms with E-state index in [1.807, 2.05) is 0 Å². The molecule has 0 saturated carbocycles. The van der Waals surface area contributed by atoms with Crippen LogP contribution in [0.5, 0.6) is 0 Å². The molecule has 0 atom stereocenters. The molecule has 0 aliphatic heterocycles. The first-order chi connectivity index (χ1) is 13.8. The molecule has 0 unspecified atom stereocenters. The highest BCUT2D eigenvalue weighted by molar-refractivity contribution is 6.04. The summed E-state index contributed by atoms with van der Waals surface area (Å²) in [5.74, 6) is 0. The van der Waals surface area contributed by atoms with Gasteiger partial charge in [0, 0.05) is 23.8 Å². The van der Waals surface area contributed by atoms with Gasteiger partial charge in [-0.2, -0.15) is 0 Å². The Morgan fingerprint density at radius 2 is 1.25 bits per heavy atom. The highest BCUT2D eigenvalue weighted by Crippen LogP contribution is 2.36. The summed E-state index contributed by atoms with van der Waals surface area (Å²) in [5.41, 5.74) is 4.92. The second-order valence-corrected chi connectivity index (χ2v) is 7.13. The van der Waals surface area contributed by atoms with Crippen molar-refractivity contribution in [1.29, 1.82) is 0 Å². The Hall–Kier alpha value is -3.58. The van der Waals surface area contributed by atoms with Crippen LogP contribution in [0.15, 0.2) is 109 Å². The van der Waals surface area contributed by atoms with Gasteiger partial charge >= 0.3 is 0 Å². The van der Waals surface area contributed by atoms with Crippen molar-refractivity contribution >= 4 is 32.9 Å². The molecule has 5 aromatic carbocycles. The number of hydrogen-bond donors (Lipinski definition) is 0. The molecule has 0 radical (unpaired) electrons. The Labute approximate surface area is 165 Å². The average molecular weight is 359 g/mol. The molecule has 0 spiro atoms. The van der Waals surface area contributed by atoms with Crippen LogP contribution < -0.4 is 4.90 Å². The molecule has 0 aromatic heterocycles. The minimum Gasteiger partial charge on any atom is -0.344 e.